The van der Waals surface area contributed by atoms with Crippen molar-refractivity contribution in [1.29, 1.82) is 0 Å². The first-order valence-electron chi connectivity index (χ1n) is 9.29. The molecular formula is C21H29N3. The minimum atomic E-state index is 0.313. The number of anilines is 1. The summed E-state index contributed by atoms with van der Waals surface area (Å²) in [7, 11) is 0. The zero-order valence-electron chi connectivity index (χ0n) is 15.3. The molecule has 0 aliphatic carbocycles. The zero-order valence-corrected chi connectivity index (χ0v) is 15.3. The molecule has 0 amide bonds. The Labute approximate surface area is 145 Å². The van der Waals surface area contributed by atoms with Gasteiger partial charge in [0.1, 0.15) is 0 Å². The van der Waals surface area contributed by atoms with E-state index in [-0.39, 0.29) is 0 Å². The molecule has 2 aliphatic heterocycles. The van der Waals surface area contributed by atoms with Crippen molar-refractivity contribution in [1.82, 2.24) is 9.88 Å². The van der Waals surface area contributed by atoms with Crippen LogP contribution in [0.3, 0.4) is 0 Å². The maximum absolute atomic E-state index is 4.21. The molecule has 2 aromatic rings. The van der Waals surface area contributed by atoms with Gasteiger partial charge < -0.3 is 4.90 Å². The molecule has 1 aromatic carbocycles. The van der Waals surface area contributed by atoms with Gasteiger partial charge in [0.2, 0.25) is 0 Å². The fourth-order valence-electron chi connectivity index (χ4n) is 4.42. The topological polar surface area (TPSA) is 19.4 Å². The summed E-state index contributed by atoms with van der Waals surface area (Å²) in [5.41, 5.74) is 2.24. The number of nitrogens with zero attached hydrogens (tertiary/aromatic N) is 3. The molecule has 0 N–H and O–H groups in total. The molecule has 2 fully saturated rings. The summed E-state index contributed by atoms with van der Waals surface area (Å²) in [6.45, 7) is 12.0. The lowest BCUT2D eigenvalue weighted by molar-refractivity contribution is 0.135. The molecule has 0 unspecified atom stereocenters. The molecule has 2 aliphatic rings. The van der Waals surface area contributed by atoms with Crippen LogP contribution >= 0.6 is 0 Å². The second-order valence-electron chi connectivity index (χ2n) is 8.74. The maximum atomic E-state index is 4.21. The number of fused-ring (bicyclic) bond motifs is 1. The number of likely N-dealkylation sites (tertiary alicyclic amines) is 1. The average Bonchev–Trinajstić information content (AvgIpc) is 2.99. The average molecular weight is 323 g/mol. The molecule has 0 saturated carbocycles. The van der Waals surface area contributed by atoms with E-state index in [2.05, 4.69) is 59.8 Å². The summed E-state index contributed by atoms with van der Waals surface area (Å²) in [4.78, 5) is 9.47. The third-order valence-corrected chi connectivity index (χ3v) is 6.20. The lowest BCUT2D eigenvalue weighted by Crippen LogP contribution is -2.45. The van der Waals surface area contributed by atoms with Gasteiger partial charge in [0.15, 0.2) is 0 Å². The van der Waals surface area contributed by atoms with E-state index in [1.54, 1.807) is 0 Å². The number of hydrogen-bond donors (Lipinski definition) is 0. The lowest BCUT2D eigenvalue weighted by atomic mass is 9.77. The van der Waals surface area contributed by atoms with Gasteiger partial charge in [0.25, 0.3) is 0 Å². The van der Waals surface area contributed by atoms with E-state index < -0.39 is 0 Å². The van der Waals surface area contributed by atoms with Gasteiger partial charge in [-0.05, 0) is 75.6 Å². The lowest BCUT2D eigenvalue weighted by Gasteiger charge is -2.42. The SMILES string of the molecule is CC(C)(C)N1CCC2(CCN(c3ccc4cnccc4c3)CC2)C1. The van der Waals surface area contributed by atoms with Crippen molar-refractivity contribution < 1.29 is 0 Å². The second kappa shape index (κ2) is 5.73. The third kappa shape index (κ3) is 2.90. The highest BCUT2D eigenvalue weighted by Crippen LogP contribution is 2.43. The molecule has 3 heteroatoms. The smallest absolute Gasteiger partial charge is 0.0372 e. The Hall–Kier alpha value is -1.61. The van der Waals surface area contributed by atoms with Crippen molar-refractivity contribution in [2.75, 3.05) is 31.1 Å². The number of aromatic nitrogens is 1. The van der Waals surface area contributed by atoms with Crippen LogP contribution < -0.4 is 4.90 Å². The van der Waals surface area contributed by atoms with Crippen LogP contribution in [0.5, 0.6) is 0 Å². The Morgan fingerprint density at radius 3 is 2.42 bits per heavy atom. The molecule has 1 aromatic heterocycles. The molecule has 128 valence electrons. The molecule has 24 heavy (non-hydrogen) atoms. The normalized spacial score (nSPS) is 21.7. The van der Waals surface area contributed by atoms with Gasteiger partial charge in [-0.15, -0.1) is 0 Å². The van der Waals surface area contributed by atoms with Gasteiger partial charge >= 0.3 is 0 Å². The maximum Gasteiger partial charge on any atom is 0.0372 e. The van der Waals surface area contributed by atoms with Gasteiger partial charge in [0, 0.05) is 48.6 Å². The van der Waals surface area contributed by atoms with E-state index in [0.717, 1.165) is 0 Å². The van der Waals surface area contributed by atoms with Crippen LogP contribution in [-0.4, -0.2) is 41.6 Å². The van der Waals surface area contributed by atoms with E-state index in [9.17, 15) is 0 Å². The third-order valence-electron chi connectivity index (χ3n) is 6.20. The summed E-state index contributed by atoms with van der Waals surface area (Å²) in [6, 6.07) is 8.91. The van der Waals surface area contributed by atoms with Crippen molar-refractivity contribution in [3.63, 3.8) is 0 Å². The van der Waals surface area contributed by atoms with E-state index >= 15 is 0 Å². The van der Waals surface area contributed by atoms with Gasteiger partial charge in [-0.3, -0.25) is 9.88 Å². The largest absolute Gasteiger partial charge is 0.371 e. The van der Waals surface area contributed by atoms with Crippen molar-refractivity contribution >= 4 is 16.5 Å². The first-order valence-corrected chi connectivity index (χ1v) is 9.29. The van der Waals surface area contributed by atoms with E-state index in [1.807, 2.05) is 12.4 Å². The number of piperidine rings is 1. The fourth-order valence-corrected chi connectivity index (χ4v) is 4.42. The van der Waals surface area contributed by atoms with Crippen LogP contribution in [0, 0.1) is 5.41 Å². The van der Waals surface area contributed by atoms with E-state index in [4.69, 9.17) is 0 Å². The zero-order chi connectivity index (χ0) is 16.8. The van der Waals surface area contributed by atoms with E-state index in [0.29, 0.717) is 11.0 Å². The van der Waals surface area contributed by atoms with Crippen molar-refractivity contribution in [2.24, 2.45) is 5.41 Å². The molecule has 2 saturated heterocycles. The Morgan fingerprint density at radius 1 is 0.958 bits per heavy atom. The number of benzene rings is 1. The van der Waals surface area contributed by atoms with Crippen LogP contribution in [0.1, 0.15) is 40.0 Å². The summed E-state index contributed by atoms with van der Waals surface area (Å²) in [5, 5.41) is 2.52. The van der Waals surface area contributed by atoms with Crippen LogP contribution in [0.4, 0.5) is 5.69 Å². The highest BCUT2D eigenvalue weighted by atomic mass is 15.2. The quantitative estimate of drug-likeness (QED) is 0.779. The summed E-state index contributed by atoms with van der Waals surface area (Å²) in [5.74, 6) is 0. The molecule has 0 bridgehead atoms. The molecular weight excluding hydrogens is 294 g/mol. The Bertz CT molecular complexity index is 723. The van der Waals surface area contributed by atoms with Crippen molar-refractivity contribution in [3.05, 3.63) is 36.7 Å². The van der Waals surface area contributed by atoms with Gasteiger partial charge in [-0.2, -0.15) is 0 Å². The highest BCUT2D eigenvalue weighted by molar-refractivity contribution is 5.85. The van der Waals surface area contributed by atoms with Gasteiger partial charge in [-0.25, -0.2) is 0 Å². The van der Waals surface area contributed by atoms with Crippen LogP contribution in [0.25, 0.3) is 10.8 Å². The Kier molecular flexibility index (Phi) is 3.80. The van der Waals surface area contributed by atoms with E-state index in [1.165, 1.54) is 61.9 Å². The van der Waals surface area contributed by atoms with Gasteiger partial charge in [-0.1, -0.05) is 6.07 Å². The predicted octanol–water partition coefficient (Wildman–Crippen LogP) is 4.33. The Morgan fingerprint density at radius 2 is 1.71 bits per heavy atom. The van der Waals surface area contributed by atoms with Gasteiger partial charge in [0.05, 0.1) is 0 Å². The molecule has 4 rings (SSSR count). The summed E-state index contributed by atoms with van der Waals surface area (Å²) in [6.07, 6.45) is 7.87. The standard InChI is InChI=1S/C21H29N3/c1-20(2,3)24-13-9-21(16-24)7-11-23(12-8-21)19-5-4-18-15-22-10-6-17(18)14-19/h4-6,10,14-15H,7-9,11-13,16H2,1-3H3. The first-order chi connectivity index (χ1) is 11.5. The van der Waals surface area contributed by atoms with Crippen LogP contribution in [-0.2, 0) is 0 Å². The molecule has 3 nitrogen and oxygen atoms in total. The summed E-state index contributed by atoms with van der Waals surface area (Å²) >= 11 is 0. The first kappa shape index (κ1) is 15.9. The second-order valence-corrected chi connectivity index (χ2v) is 8.74. The fraction of sp³-hybridized carbons (Fsp3) is 0.571. The molecule has 3 heterocycles. The molecule has 0 atom stereocenters. The number of hydrogen-bond acceptors (Lipinski definition) is 3. The van der Waals surface area contributed by atoms with Crippen molar-refractivity contribution in [3.8, 4) is 0 Å². The minimum Gasteiger partial charge on any atom is -0.371 e. The number of rotatable bonds is 1. The monoisotopic (exact) mass is 323 g/mol. The Balaban J connectivity index is 1.46. The molecule has 1 spiro atoms. The van der Waals surface area contributed by atoms with Crippen LogP contribution in [0.2, 0.25) is 0 Å². The number of pyridine rings is 1. The highest BCUT2D eigenvalue weighted by Gasteiger charge is 2.43. The molecule has 0 radical (unpaired) electrons. The summed E-state index contributed by atoms with van der Waals surface area (Å²) < 4.78 is 0. The predicted molar refractivity (Wildman–Crippen MR) is 102 cm³/mol. The van der Waals surface area contributed by atoms with Crippen molar-refractivity contribution in [2.45, 2.75) is 45.6 Å². The minimum absolute atomic E-state index is 0.313. The van der Waals surface area contributed by atoms with Crippen LogP contribution in [0.15, 0.2) is 36.7 Å².